The van der Waals surface area contributed by atoms with Crippen molar-refractivity contribution in [3.63, 3.8) is 0 Å². The van der Waals surface area contributed by atoms with Crippen LogP contribution in [-0.2, 0) is 0 Å². The molecule has 0 unspecified atom stereocenters. The second kappa shape index (κ2) is 15.6. The first kappa shape index (κ1) is 11.4. The highest BCUT2D eigenvalue weighted by atomic mass is 14.8. The van der Waals surface area contributed by atoms with E-state index in [1.54, 1.807) is 6.92 Å². The molecular weight excluding hydrogens is 122 g/mol. The van der Waals surface area contributed by atoms with Crippen LogP contribution in [0.1, 0.15) is 6.92 Å². The Bertz CT molecular complexity index is 147. The molecule has 1 nitrogen and oxygen atoms in total. The zero-order chi connectivity index (χ0) is 8.24. The van der Waals surface area contributed by atoms with Gasteiger partial charge in [0.2, 0.25) is 0 Å². The van der Waals surface area contributed by atoms with Gasteiger partial charge in [-0.1, -0.05) is 11.8 Å². The normalized spacial score (nSPS) is 5.40. The fourth-order valence-corrected chi connectivity index (χ4v) is 0.207. The Morgan fingerprint density at radius 2 is 1.40 bits per heavy atom. The molecule has 0 bridgehead atoms. The highest BCUT2D eigenvalue weighted by Gasteiger charge is 1.69. The summed E-state index contributed by atoms with van der Waals surface area (Å²) in [5.41, 5.74) is 0. The molecule has 0 spiro atoms. The van der Waals surface area contributed by atoms with Crippen LogP contribution in [0.15, 0.2) is 0 Å². The molecule has 0 heterocycles. The maximum Gasteiger partial charge on any atom is 0.0581 e. The van der Waals surface area contributed by atoms with E-state index < -0.39 is 0 Å². The third-order valence-electron chi connectivity index (χ3n) is 0.454. The quantitative estimate of drug-likeness (QED) is 0.427. The van der Waals surface area contributed by atoms with Gasteiger partial charge in [0.15, 0.2) is 0 Å². The van der Waals surface area contributed by atoms with Gasteiger partial charge >= 0.3 is 0 Å². The molecule has 0 aromatic heterocycles. The molecule has 0 aliphatic heterocycles. The van der Waals surface area contributed by atoms with Gasteiger partial charge < -0.3 is 0 Å². The summed E-state index contributed by atoms with van der Waals surface area (Å²) in [5.74, 6) is 7.04. The van der Waals surface area contributed by atoms with E-state index in [4.69, 9.17) is 12.8 Å². The van der Waals surface area contributed by atoms with E-state index in [9.17, 15) is 0 Å². The van der Waals surface area contributed by atoms with Gasteiger partial charge in [0.1, 0.15) is 0 Å². The van der Waals surface area contributed by atoms with Crippen molar-refractivity contribution in [2.45, 2.75) is 6.92 Å². The van der Waals surface area contributed by atoms with E-state index in [1.165, 1.54) is 0 Å². The number of terminal acetylenes is 3. The van der Waals surface area contributed by atoms with Gasteiger partial charge in [0, 0.05) is 0 Å². The Morgan fingerprint density at radius 1 is 1.10 bits per heavy atom. The number of hydrogen-bond acceptors (Lipinski definition) is 1. The van der Waals surface area contributed by atoms with Crippen molar-refractivity contribution in [2.24, 2.45) is 0 Å². The highest BCUT2D eigenvalue weighted by molar-refractivity contribution is 4.92. The SMILES string of the molecule is C#CC.C#CCNCC#C. The molecule has 0 fully saturated rings. The Hall–Kier alpha value is -1.36. The van der Waals surface area contributed by atoms with Crippen LogP contribution in [0.5, 0.6) is 0 Å². The summed E-state index contributed by atoms with van der Waals surface area (Å²) >= 11 is 0. The molecule has 10 heavy (non-hydrogen) atoms. The van der Waals surface area contributed by atoms with Crippen molar-refractivity contribution in [1.29, 1.82) is 0 Å². The van der Waals surface area contributed by atoms with Gasteiger partial charge in [0.05, 0.1) is 13.1 Å². The standard InChI is InChI=1S/C6H7N.C3H4/c1-3-5-7-6-4-2;1-3-2/h1-2,7H,5-6H2;1H,2H3. The van der Waals surface area contributed by atoms with Crippen molar-refractivity contribution >= 4 is 0 Å². The maximum absolute atomic E-state index is 4.89. The molecule has 0 aliphatic rings. The third kappa shape index (κ3) is 30.3. The molecule has 0 aromatic rings. The van der Waals surface area contributed by atoms with Crippen LogP contribution < -0.4 is 5.32 Å². The van der Waals surface area contributed by atoms with Crippen LogP contribution >= 0.6 is 0 Å². The molecule has 1 heteroatoms. The van der Waals surface area contributed by atoms with Gasteiger partial charge in [-0.3, -0.25) is 5.32 Å². The smallest absolute Gasteiger partial charge is 0.0581 e. The van der Waals surface area contributed by atoms with E-state index in [0.29, 0.717) is 13.1 Å². The minimum atomic E-state index is 0.560. The van der Waals surface area contributed by atoms with Gasteiger partial charge in [-0.05, 0) is 6.92 Å². The first-order chi connectivity index (χ1) is 4.83. The number of rotatable bonds is 2. The highest BCUT2D eigenvalue weighted by Crippen LogP contribution is 1.50. The molecule has 0 aliphatic carbocycles. The Kier molecular flexibility index (Phi) is 17.9. The molecule has 0 saturated heterocycles. The molecular formula is C9H11N. The predicted octanol–water partition coefficient (Wildman–Crippen LogP) is 0.482. The lowest BCUT2D eigenvalue weighted by atomic mass is 10.6. The lowest BCUT2D eigenvalue weighted by Crippen LogP contribution is -2.12. The van der Waals surface area contributed by atoms with Gasteiger partial charge in [0.25, 0.3) is 0 Å². The average Bonchev–Trinajstić information content (AvgIpc) is 1.91. The van der Waals surface area contributed by atoms with Crippen LogP contribution in [0.3, 0.4) is 0 Å². The number of hydrogen-bond donors (Lipinski definition) is 1. The van der Waals surface area contributed by atoms with Gasteiger partial charge in [-0.2, -0.15) is 0 Å². The summed E-state index contributed by atoms with van der Waals surface area (Å²) in [7, 11) is 0. The monoisotopic (exact) mass is 133 g/mol. The summed E-state index contributed by atoms with van der Waals surface area (Å²) in [5, 5.41) is 2.81. The van der Waals surface area contributed by atoms with Crippen LogP contribution in [0, 0.1) is 37.0 Å². The van der Waals surface area contributed by atoms with E-state index in [1.807, 2.05) is 0 Å². The van der Waals surface area contributed by atoms with Crippen molar-refractivity contribution < 1.29 is 0 Å². The van der Waals surface area contributed by atoms with Gasteiger partial charge in [-0.25, -0.2) is 0 Å². The zero-order valence-electron chi connectivity index (χ0n) is 6.15. The first-order valence-electron chi connectivity index (χ1n) is 2.78. The lowest BCUT2D eigenvalue weighted by molar-refractivity contribution is 0.872. The van der Waals surface area contributed by atoms with Crippen molar-refractivity contribution in [1.82, 2.24) is 5.32 Å². The van der Waals surface area contributed by atoms with Crippen LogP contribution in [0.4, 0.5) is 0 Å². The van der Waals surface area contributed by atoms with Crippen molar-refractivity contribution in [3.8, 4) is 37.0 Å². The second-order valence-corrected chi connectivity index (χ2v) is 1.30. The fourth-order valence-electron chi connectivity index (χ4n) is 0.207. The van der Waals surface area contributed by atoms with E-state index in [0.717, 1.165) is 0 Å². The maximum atomic E-state index is 4.89. The van der Waals surface area contributed by atoms with Crippen LogP contribution in [0.2, 0.25) is 0 Å². The molecule has 52 valence electrons. The first-order valence-corrected chi connectivity index (χ1v) is 2.78. The average molecular weight is 133 g/mol. The Balaban J connectivity index is 0. The minimum Gasteiger partial charge on any atom is -0.295 e. The largest absolute Gasteiger partial charge is 0.295 e. The zero-order valence-corrected chi connectivity index (χ0v) is 6.15. The molecule has 1 N–H and O–H groups in total. The summed E-state index contributed by atoms with van der Waals surface area (Å²) in [4.78, 5) is 0. The summed E-state index contributed by atoms with van der Waals surface area (Å²) < 4.78 is 0. The number of nitrogens with one attached hydrogen (secondary N) is 1. The minimum absolute atomic E-state index is 0.560. The Morgan fingerprint density at radius 3 is 1.60 bits per heavy atom. The topological polar surface area (TPSA) is 12.0 Å². The molecule has 0 radical (unpaired) electrons. The lowest BCUT2D eigenvalue weighted by Gasteiger charge is -1.86. The van der Waals surface area contributed by atoms with Crippen molar-refractivity contribution in [2.75, 3.05) is 13.1 Å². The van der Waals surface area contributed by atoms with E-state index in [-0.39, 0.29) is 0 Å². The predicted molar refractivity (Wildman–Crippen MR) is 45.0 cm³/mol. The molecule has 0 aromatic carbocycles. The summed E-state index contributed by atoms with van der Waals surface area (Å²) in [6.45, 7) is 2.77. The third-order valence-corrected chi connectivity index (χ3v) is 0.454. The van der Waals surface area contributed by atoms with Crippen LogP contribution in [-0.4, -0.2) is 13.1 Å². The van der Waals surface area contributed by atoms with Crippen molar-refractivity contribution in [3.05, 3.63) is 0 Å². The second-order valence-electron chi connectivity index (χ2n) is 1.30. The molecule has 0 amide bonds. The Labute approximate surface area is 63.2 Å². The summed E-state index contributed by atoms with van der Waals surface area (Å²) in [6, 6.07) is 0. The fraction of sp³-hybridized carbons (Fsp3) is 0.333. The molecule has 0 rings (SSSR count). The molecule has 0 saturated carbocycles. The molecule has 0 atom stereocenters. The van der Waals surface area contributed by atoms with E-state index >= 15 is 0 Å². The van der Waals surface area contributed by atoms with Crippen LogP contribution in [0.25, 0.3) is 0 Å². The van der Waals surface area contributed by atoms with Gasteiger partial charge in [-0.15, -0.1) is 25.2 Å². The summed E-state index contributed by atoms with van der Waals surface area (Å²) in [6.07, 6.45) is 14.4. The van der Waals surface area contributed by atoms with E-state index in [2.05, 4.69) is 29.5 Å².